The molecule has 2 aromatic rings. The van der Waals surface area contributed by atoms with E-state index in [0.29, 0.717) is 0 Å². The van der Waals surface area contributed by atoms with Crippen molar-refractivity contribution in [2.45, 2.75) is 17.9 Å². The average Bonchev–Trinajstić information content (AvgIpc) is 2.73. The molecular weight excluding hydrogens is 450 g/mol. The number of anilines is 1. The summed E-state index contributed by atoms with van der Waals surface area (Å²) in [6.07, 6.45) is 0.163. The van der Waals surface area contributed by atoms with Crippen LogP contribution in [0.3, 0.4) is 0 Å². The largest absolute Gasteiger partial charge is 0.449 e. The van der Waals surface area contributed by atoms with E-state index in [1.807, 2.05) is 0 Å². The Balaban J connectivity index is 2.02. The minimum atomic E-state index is -3.74. The summed E-state index contributed by atoms with van der Waals surface area (Å²) in [5, 5.41) is 13.1. The van der Waals surface area contributed by atoms with E-state index in [0.717, 1.165) is 12.1 Å². The zero-order valence-corrected chi connectivity index (χ0v) is 17.8. The molecule has 12 heteroatoms. The van der Waals surface area contributed by atoms with Crippen molar-refractivity contribution in [2.75, 3.05) is 11.9 Å². The van der Waals surface area contributed by atoms with Crippen LogP contribution in [0.25, 0.3) is 0 Å². The molecule has 1 amide bonds. The van der Waals surface area contributed by atoms with E-state index in [-0.39, 0.29) is 33.4 Å². The van der Waals surface area contributed by atoms with Gasteiger partial charge in [0.2, 0.25) is 10.0 Å². The van der Waals surface area contributed by atoms with Gasteiger partial charge in [0.15, 0.2) is 6.10 Å². The molecule has 2 aromatic carbocycles. The minimum absolute atomic E-state index is 0.0377. The van der Waals surface area contributed by atoms with Gasteiger partial charge in [-0.3, -0.25) is 14.9 Å². The summed E-state index contributed by atoms with van der Waals surface area (Å²) in [4.78, 5) is 34.6. The highest BCUT2D eigenvalue weighted by Gasteiger charge is 2.21. The zero-order valence-electron chi connectivity index (χ0n) is 16.2. The summed E-state index contributed by atoms with van der Waals surface area (Å²) < 4.78 is 31.4. The summed E-state index contributed by atoms with van der Waals surface area (Å²) in [7, 11) is -3.74. The number of amides is 1. The van der Waals surface area contributed by atoms with Crippen molar-refractivity contribution in [2.24, 2.45) is 0 Å². The molecule has 0 aliphatic heterocycles. The van der Waals surface area contributed by atoms with Gasteiger partial charge in [-0.1, -0.05) is 17.7 Å². The van der Waals surface area contributed by atoms with Gasteiger partial charge in [0, 0.05) is 18.7 Å². The van der Waals surface area contributed by atoms with Gasteiger partial charge >= 0.3 is 5.97 Å². The third kappa shape index (κ3) is 6.35. The quantitative estimate of drug-likeness (QED) is 0.249. The van der Waals surface area contributed by atoms with E-state index in [2.05, 4.69) is 16.6 Å². The number of carbonyl (C=O) groups excluding carboxylic acids is 2. The van der Waals surface area contributed by atoms with Gasteiger partial charge in [0.1, 0.15) is 0 Å². The summed E-state index contributed by atoms with van der Waals surface area (Å²) >= 11 is 5.92. The van der Waals surface area contributed by atoms with Crippen LogP contribution in [0.15, 0.2) is 60.0 Å². The monoisotopic (exact) mass is 467 g/mol. The molecule has 0 saturated heterocycles. The maximum absolute atomic E-state index is 12.3. The maximum atomic E-state index is 12.3. The lowest BCUT2D eigenvalue weighted by Gasteiger charge is -2.14. The Hall–Kier alpha value is -3.28. The summed E-state index contributed by atoms with van der Waals surface area (Å²) in [6.45, 7) is 4.80. The van der Waals surface area contributed by atoms with Gasteiger partial charge in [0.05, 0.1) is 26.1 Å². The van der Waals surface area contributed by atoms with E-state index < -0.39 is 32.9 Å². The minimum Gasteiger partial charge on any atom is -0.449 e. The highest BCUT2D eigenvalue weighted by Crippen LogP contribution is 2.26. The normalized spacial score (nSPS) is 11.9. The zero-order chi connectivity index (χ0) is 23.2. The molecule has 0 bridgehead atoms. The summed E-state index contributed by atoms with van der Waals surface area (Å²) in [5.74, 6) is -1.56. The number of nitro benzene ring substituents is 1. The Bertz CT molecular complexity index is 1120. The third-order valence-corrected chi connectivity index (χ3v) is 5.64. The van der Waals surface area contributed by atoms with Crippen LogP contribution in [-0.2, 0) is 19.6 Å². The molecule has 0 radical (unpaired) electrons. The molecule has 1 atom stereocenters. The molecule has 164 valence electrons. The first-order valence-electron chi connectivity index (χ1n) is 8.71. The number of carbonyl (C=O) groups is 2. The van der Waals surface area contributed by atoms with Gasteiger partial charge in [0.25, 0.3) is 11.6 Å². The van der Waals surface area contributed by atoms with Crippen molar-refractivity contribution >= 4 is 44.9 Å². The number of esters is 1. The second kappa shape index (κ2) is 10.2. The second-order valence-corrected chi connectivity index (χ2v) is 8.30. The molecule has 2 rings (SSSR count). The first-order chi connectivity index (χ1) is 14.5. The summed E-state index contributed by atoms with van der Waals surface area (Å²) in [5.41, 5.74) is -0.0925. The van der Waals surface area contributed by atoms with E-state index in [1.54, 1.807) is 0 Å². The van der Waals surface area contributed by atoms with Gasteiger partial charge in [-0.25, -0.2) is 17.9 Å². The first kappa shape index (κ1) is 24.0. The lowest BCUT2D eigenvalue weighted by Crippen LogP contribution is -2.30. The second-order valence-electron chi connectivity index (χ2n) is 6.12. The Morgan fingerprint density at radius 3 is 2.45 bits per heavy atom. The number of rotatable bonds is 9. The Kier molecular flexibility index (Phi) is 7.86. The predicted molar refractivity (Wildman–Crippen MR) is 113 cm³/mol. The van der Waals surface area contributed by atoms with E-state index >= 15 is 0 Å². The van der Waals surface area contributed by atoms with Crippen molar-refractivity contribution in [1.82, 2.24) is 4.72 Å². The van der Waals surface area contributed by atoms with Crippen molar-refractivity contribution in [1.29, 1.82) is 0 Å². The van der Waals surface area contributed by atoms with Crippen molar-refractivity contribution in [3.63, 3.8) is 0 Å². The molecule has 31 heavy (non-hydrogen) atoms. The number of nitrogens with zero attached hydrogens (tertiary/aromatic N) is 1. The highest BCUT2D eigenvalue weighted by atomic mass is 35.5. The van der Waals surface area contributed by atoms with Crippen molar-refractivity contribution < 1.29 is 27.7 Å². The van der Waals surface area contributed by atoms with Gasteiger partial charge in [-0.2, -0.15) is 0 Å². The van der Waals surface area contributed by atoms with Crippen molar-refractivity contribution in [3.05, 3.63) is 75.8 Å². The smallest absolute Gasteiger partial charge is 0.338 e. The van der Waals surface area contributed by atoms with Crippen LogP contribution >= 0.6 is 11.6 Å². The van der Waals surface area contributed by atoms with E-state index in [1.165, 1.54) is 43.3 Å². The van der Waals surface area contributed by atoms with Crippen LogP contribution in [0.5, 0.6) is 0 Å². The molecule has 0 fully saturated rings. The van der Waals surface area contributed by atoms with Crippen molar-refractivity contribution in [3.8, 4) is 0 Å². The Labute approximate surface area is 183 Å². The van der Waals surface area contributed by atoms with E-state index in [4.69, 9.17) is 16.3 Å². The molecule has 0 aliphatic carbocycles. The third-order valence-electron chi connectivity index (χ3n) is 3.89. The molecule has 0 saturated carbocycles. The topological polar surface area (TPSA) is 145 Å². The number of hydrogen-bond donors (Lipinski definition) is 2. The van der Waals surface area contributed by atoms with Crippen LogP contribution in [-0.4, -0.2) is 37.9 Å². The van der Waals surface area contributed by atoms with E-state index in [9.17, 15) is 28.1 Å². The lowest BCUT2D eigenvalue weighted by molar-refractivity contribution is -0.384. The molecule has 10 nitrogen and oxygen atoms in total. The number of ether oxygens (including phenoxy) is 1. The fourth-order valence-corrected chi connectivity index (χ4v) is 3.48. The highest BCUT2D eigenvalue weighted by molar-refractivity contribution is 7.89. The van der Waals surface area contributed by atoms with Crippen LogP contribution in [0.1, 0.15) is 17.3 Å². The molecule has 0 heterocycles. The number of hydrogen-bond acceptors (Lipinski definition) is 7. The molecule has 2 N–H and O–H groups in total. The molecular formula is C19H18ClN3O7S. The number of benzene rings is 2. The fraction of sp³-hybridized carbons (Fsp3) is 0.158. The lowest BCUT2D eigenvalue weighted by atomic mass is 10.2. The molecule has 0 aromatic heterocycles. The fourth-order valence-electron chi connectivity index (χ4n) is 2.26. The van der Waals surface area contributed by atoms with Crippen LogP contribution in [0.4, 0.5) is 11.4 Å². The number of non-ortho nitro benzene ring substituents is 1. The number of nitro groups is 1. The number of nitrogens with one attached hydrogen (secondary N) is 2. The number of sulfonamides is 1. The van der Waals surface area contributed by atoms with Crippen LogP contribution < -0.4 is 10.0 Å². The maximum Gasteiger partial charge on any atom is 0.338 e. The summed E-state index contributed by atoms with van der Waals surface area (Å²) in [6, 6.07) is 8.45. The average molecular weight is 468 g/mol. The van der Waals surface area contributed by atoms with Crippen LogP contribution in [0.2, 0.25) is 5.02 Å². The van der Waals surface area contributed by atoms with Gasteiger partial charge in [-0.15, -0.1) is 6.58 Å². The molecule has 1 unspecified atom stereocenters. The first-order valence-corrected chi connectivity index (χ1v) is 10.6. The molecule has 0 aliphatic rings. The Morgan fingerprint density at radius 2 is 1.90 bits per heavy atom. The Morgan fingerprint density at radius 1 is 1.26 bits per heavy atom. The SMILES string of the molecule is C=CCNS(=O)(=O)c1ccc(C(=O)OC(C)C(=O)Nc2ccc([N+](=O)[O-])cc2Cl)cc1. The predicted octanol–water partition coefficient (Wildman–Crippen LogP) is 2.90. The van der Waals surface area contributed by atoms with Gasteiger partial charge < -0.3 is 10.1 Å². The standard InChI is InChI=1S/C19H18ClN3O7S/c1-3-10-21-31(28,29)15-7-4-13(5-8-15)19(25)30-12(2)18(24)22-17-9-6-14(23(26)27)11-16(17)20/h3-9,11-12,21H,1,10H2,2H3,(H,22,24). The number of halogens is 1. The van der Waals surface area contributed by atoms with Gasteiger partial charge in [-0.05, 0) is 37.3 Å². The molecule has 0 spiro atoms. The van der Waals surface area contributed by atoms with Crippen LogP contribution in [0, 0.1) is 10.1 Å².